The van der Waals surface area contributed by atoms with Gasteiger partial charge in [0.25, 0.3) is 0 Å². The van der Waals surface area contributed by atoms with E-state index in [2.05, 4.69) is 15.1 Å². The number of ether oxygens (including phenoxy) is 1. The predicted molar refractivity (Wildman–Crippen MR) is 116 cm³/mol. The Morgan fingerprint density at radius 3 is 2.63 bits per heavy atom. The molecule has 1 aliphatic heterocycles. The molecule has 1 saturated heterocycles. The molecule has 1 aliphatic rings. The van der Waals surface area contributed by atoms with Crippen molar-refractivity contribution < 1.29 is 14.6 Å². The fourth-order valence-corrected chi connectivity index (χ4v) is 4.28. The summed E-state index contributed by atoms with van der Waals surface area (Å²) in [6.07, 6.45) is 2.47. The molecule has 30 heavy (non-hydrogen) atoms. The number of nitrogens with one attached hydrogen (secondary N) is 1. The lowest BCUT2D eigenvalue weighted by Crippen LogP contribution is -2.42. The van der Waals surface area contributed by atoms with Crippen molar-refractivity contribution in [1.29, 1.82) is 0 Å². The minimum atomic E-state index is -0.780. The molecule has 0 spiro atoms. The molecular weight excluding hydrogens is 380 g/mol. The highest BCUT2D eigenvalue weighted by atomic mass is 16.5. The first-order valence-corrected chi connectivity index (χ1v) is 10.6. The second-order valence-electron chi connectivity index (χ2n) is 8.57. The molecule has 0 aliphatic carbocycles. The zero-order valence-electron chi connectivity index (χ0n) is 18.6. The first-order chi connectivity index (χ1) is 14.3. The van der Waals surface area contributed by atoms with E-state index < -0.39 is 5.60 Å². The Morgan fingerprint density at radius 2 is 2.00 bits per heavy atom. The van der Waals surface area contributed by atoms with Crippen molar-refractivity contribution in [3.63, 3.8) is 0 Å². The summed E-state index contributed by atoms with van der Waals surface area (Å²) in [5, 5.41) is 18.3. The summed E-state index contributed by atoms with van der Waals surface area (Å²) in [6, 6.07) is 8.01. The van der Waals surface area contributed by atoms with Crippen molar-refractivity contribution in [3.05, 3.63) is 46.8 Å². The number of hydrogen-bond acceptors (Lipinski definition) is 5. The summed E-state index contributed by atoms with van der Waals surface area (Å²) in [4.78, 5) is 16.9. The minimum absolute atomic E-state index is 0.110. The molecule has 1 aromatic carbocycles. The van der Waals surface area contributed by atoms with Crippen LogP contribution in [0, 0.1) is 13.8 Å². The number of nitrogens with zero attached hydrogens (tertiary/aromatic N) is 3. The van der Waals surface area contributed by atoms with Gasteiger partial charge < -0.3 is 14.7 Å². The van der Waals surface area contributed by atoms with E-state index in [-0.39, 0.29) is 5.91 Å². The van der Waals surface area contributed by atoms with Crippen molar-refractivity contribution >= 4 is 5.91 Å². The van der Waals surface area contributed by atoms with E-state index in [1.165, 1.54) is 5.56 Å². The fraction of sp³-hybridized carbons (Fsp3) is 0.565. The number of likely N-dealkylation sites (N-methyl/N-ethyl adjacent to an activating group) is 1. The third kappa shape index (κ3) is 5.61. The lowest BCUT2D eigenvalue weighted by atomic mass is 9.94. The number of H-pyrrole nitrogens is 1. The highest BCUT2D eigenvalue weighted by Gasteiger charge is 2.32. The topological polar surface area (TPSA) is 81.7 Å². The molecule has 0 unspecified atom stereocenters. The molecule has 1 atom stereocenters. The average Bonchev–Trinajstić information content (AvgIpc) is 2.90. The Labute approximate surface area is 179 Å². The number of hydrogen-bond donors (Lipinski definition) is 2. The van der Waals surface area contributed by atoms with Crippen molar-refractivity contribution in [3.8, 4) is 5.75 Å². The number of amides is 1. The van der Waals surface area contributed by atoms with Crippen LogP contribution in [-0.4, -0.2) is 70.4 Å². The van der Waals surface area contributed by atoms with Gasteiger partial charge in [-0.1, -0.05) is 12.1 Å². The Morgan fingerprint density at radius 1 is 1.27 bits per heavy atom. The van der Waals surface area contributed by atoms with Crippen LogP contribution in [0.1, 0.15) is 41.8 Å². The number of aromatic nitrogens is 2. The maximum absolute atomic E-state index is 12.8. The predicted octanol–water partition coefficient (Wildman–Crippen LogP) is 2.45. The van der Waals surface area contributed by atoms with Crippen LogP contribution in [0.4, 0.5) is 0 Å². The second kappa shape index (κ2) is 9.62. The van der Waals surface area contributed by atoms with Crippen molar-refractivity contribution in [1.82, 2.24) is 20.0 Å². The SMILES string of the molecule is COc1ccc(CN(C)C[C@@]2(O)CCCN(C(=O)Cc3c(C)n[nH]c3C)CC2)cc1. The Hall–Kier alpha value is -2.38. The summed E-state index contributed by atoms with van der Waals surface area (Å²) in [5.74, 6) is 0.952. The highest BCUT2D eigenvalue weighted by Crippen LogP contribution is 2.25. The van der Waals surface area contributed by atoms with Crippen molar-refractivity contribution in [2.75, 3.05) is 33.8 Å². The number of aryl methyl sites for hydroxylation is 2. The molecule has 2 aromatic rings. The van der Waals surface area contributed by atoms with Gasteiger partial charge in [-0.15, -0.1) is 0 Å². The van der Waals surface area contributed by atoms with Gasteiger partial charge in [0.1, 0.15) is 5.75 Å². The van der Waals surface area contributed by atoms with E-state index in [1.807, 2.05) is 50.1 Å². The van der Waals surface area contributed by atoms with Crippen LogP contribution in [0.5, 0.6) is 5.75 Å². The molecule has 1 aromatic heterocycles. The molecule has 2 heterocycles. The Kier molecular flexibility index (Phi) is 7.15. The van der Waals surface area contributed by atoms with Gasteiger partial charge in [-0.25, -0.2) is 0 Å². The minimum Gasteiger partial charge on any atom is -0.497 e. The highest BCUT2D eigenvalue weighted by molar-refractivity contribution is 5.79. The van der Waals surface area contributed by atoms with E-state index >= 15 is 0 Å². The number of benzene rings is 1. The van der Waals surface area contributed by atoms with Gasteiger partial charge in [0, 0.05) is 37.4 Å². The third-order valence-electron chi connectivity index (χ3n) is 6.05. The molecule has 7 heteroatoms. The van der Waals surface area contributed by atoms with Gasteiger partial charge in [-0.05, 0) is 57.9 Å². The lowest BCUT2D eigenvalue weighted by Gasteiger charge is -2.32. The first kappa shape index (κ1) is 22.3. The van der Waals surface area contributed by atoms with E-state index in [4.69, 9.17) is 4.74 Å². The number of aliphatic hydroxyl groups is 1. The summed E-state index contributed by atoms with van der Waals surface area (Å²) in [5.41, 5.74) is 3.22. The summed E-state index contributed by atoms with van der Waals surface area (Å²) in [6.45, 7) is 6.49. The molecule has 3 rings (SSSR count). The molecule has 2 N–H and O–H groups in total. The van der Waals surface area contributed by atoms with E-state index in [0.717, 1.165) is 35.7 Å². The smallest absolute Gasteiger partial charge is 0.227 e. The molecule has 1 amide bonds. The van der Waals surface area contributed by atoms with Crippen LogP contribution < -0.4 is 4.74 Å². The monoisotopic (exact) mass is 414 g/mol. The maximum atomic E-state index is 12.8. The van der Waals surface area contributed by atoms with E-state index in [1.54, 1.807) is 7.11 Å². The number of carbonyl (C=O) groups excluding carboxylic acids is 1. The van der Waals surface area contributed by atoms with Crippen LogP contribution in [0.3, 0.4) is 0 Å². The molecule has 1 fully saturated rings. The van der Waals surface area contributed by atoms with E-state index in [0.29, 0.717) is 38.9 Å². The maximum Gasteiger partial charge on any atom is 0.227 e. The van der Waals surface area contributed by atoms with Gasteiger partial charge in [0.15, 0.2) is 0 Å². The molecule has 0 bridgehead atoms. The second-order valence-corrected chi connectivity index (χ2v) is 8.57. The van der Waals surface area contributed by atoms with Gasteiger partial charge in [-0.2, -0.15) is 5.10 Å². The fourth-order valence-electron chi connectivity index (χ4n) is 4.28. The van der Waals surface area contributed by atoms with Crippen LogP contribution in [0.25, 0.3) is 0 Å². The van der Waals surface area contributed by atoms with Crippen LogP contribution in [-0.2, 0) is 17.8 Å². The number of methoxy groups -OCH3 is 1. The zero-order chi connectivity index (χ0) is 21.7. The van der Waals surface area contributed by atoms with Crippen molar-refractivity contribution in [2.24, 2.45) is 0 Å². The standard InChI is InChI=1S/C23H34N4O3/c1-17-21(18(2)25-24-17)14-22(28)27-12-5-10-23(29,11-13-27)16-26(3)15-19-6-8-20(30-4)9-7-19/h6-9,29H,5,10-16H2,1-4H3,(H,24,25)/t23-/m1/s1. The molecular formula is C23H34N4O3. The van der Waals surface area contributed by atoms with Crippen LogP contribution in [0.2, 0.25) is 0 Å². The number of likely N-dealkylation sites (tertiary alicyclic amines) is 1. The largest absolute Gasteiger partial charge is 0.497 e. The molecule has 7 nitrogen and oxygen atoms in total. The summed E-state index contributed by atoms with van der Waals surface area (Å²) in [7, 11) is 3.69. The van der Waals surface area contributed by atoms with Gasteiger partial charge >= 0.3 is 0 Å². The molecule has 0 radical (unpaired) electrons. The van der Waals surface area contributed by atoms with Gasteiger partial charge in [0.2, 0.25) is 5.91 Å². The number of aromatic amines is 1. The Bertz CT molecular complexity index is 829. The first-order valence-electron chi connectivity index (χ1n) is 10.6. The normalized spacial score (nSPS) is 19.7. The van der Waals surface area contributed by atoms with Gasteiger partial charge in [0.05, 0.1) is 24.8 Å². The average molecular weight is 415 g/mol. The number of rotatable bonds is 7. The quantitative estimate of drug-likeness (QED) is 0.727. The van der Waals surface area contributed by atoms with Gasteiger partial charge in [-0.3, -0.25) is 14.8 Å². The lowest BCUT2D eigenvalue weighted by molar-refractivity contribution is -0.130. The summed E-state index contributed by atoms with van der Waals surface area (Å²) < 4.78 is 5.21. The van der Waals surface area contributed by atoms with Crippen LogP contribution in [0.15, 0.2) is 24.3 Å². The van der Waals surface area contributed by atoms with Crippen LogP contribution >= 0.6 is 0 Å². The number of carbonyl (C=O) groups is 1. The summed E-state index contributed by atoms with van der Waals surface area (Å²) >= 11 is 0. The zero-order valence-corrected chi connectivity index (χ0v) is 18.6. The molecule has 164 valence electrons. The third-order valence-corrected chi connectivity index (χ3v) is 6.05. The van der Waals surface area contributed by atoms with Crippen molar-refractivity contribution in [2.45, 2.75) is 51.7 Å². The Balaban J connectivity index is 1.54. The van der Waals surface area contributed by atoms with E-state index in [9.17, 15) is 9.90 Å². The molecule has 0 saturated carbocycles.